The van der Waals surface area contributed by atoms with Gasteiger partial charge < -0.3 is 9.32 Å². The maximum absolute atomic E-state index is 12.6. The highest BCUT2D eigenvalue weighted by molar-refractivity contribution is 9.10. The normalized spacial score (nSPS) is 11.6. The van der Waals surface area contributed by atoms with Gasteiger partial charge >= 0.3 is 6.18 Å². The number of hydrogen-bond donors (Lipinski definition) is 0. The first-order chi connectivity index (χ1) is 9.35. The van der Waals surface area contributed by atoms with Gasteiger partial charge in [-0.3, -0.25) is 4.79 Å². The van der Waals surface area contributed by atoms with Crippen LogP contribution in [0.1, 0.15) is 16.1 Å². The molecule has 0 bridgehead atoms. The second kappa shape index (κ2) is 6.01. The first-order valence-corrected chi connectivity index (χ1v) is 7.21. The van der Waals surface area contributed by atoms with Crippen LogP contribution in [0.2, 0.25) is 0 Å². The van der Waals surface area contributed by atoms with Crippen LogP contribution in [0.5, 0.6) is 0 Å². The van der Waals surface area contributed by atoms with Crippen LogP contribution in [0.3, 0.4) is 0 Å². The molecular formula is C12H9BrF3NO2S. The molecule has 0 unspecified atom stereocenters. The van der Waals surface area contributed by atoms with Crippen molar-refractivity contribution in [1.82, 2.24) is 4.90 Å². The molecule has 0 aliphatic heterocycles. The number of carbonyl (C=O) groups is 1. The van der Waals surface area contributed by atoms with Crippen LogP contribution in [0.25, 0.3) is 0 Å². The molecule has 3 nitrogen and oxygen atoms in total. The standard InChI is InChI=1S/C12H9BrF3NO2S/c13-10-2-1-9(19-10)11(18)17(7-12(14,15)16)5-8-3-4-20-6-8/h1-4,6H,5,7H2. The summed E-state index contributed by atoms with van der Waals surface area (Å²) in [4.78, 5) is 12.8. The topological polar surface area (TPSA) is 33.5 Å². The molecule has 2 aromatic heterocycles. The predicted molar refractivity (Wildman–Crippen MR) is 71.5 cm³/mol. The summed E-state index contributed by atoms with van der Waals surface area (Å²) >= 11 is 4.37. The highest BCUT2D eigenvalue weighted by atomic mass is 79.9. The molecule has 20 heavy (non-hydrogen) atoms. The summed E-state index contributed by atoms with van der Waals surface area (Å²) < 4.78 is 43.1. The number of alkyl halides is 3. The largest absolute Gasteiger partial charge is 0.444 e. The second-order valence-electron chi connectivity index (χ2n) is 4.01. The molecular weight excluding hydrogens is 359 g/mol. The van der Waals surface area contributed by atoms with Crippen molar-refractivity contribution in [3.8, 4) is 0 Å². The van der Waals surface area contributed by atoms with E-state index in [0.717, 1.165) is 0 Å². The maximum Gasteiger partial charge on any atom is 0.406 e. The van der Waals surface area contributed by atoms with E-state index in [1.165, 1.54) is 23.5 Å². The van der Waals surface area contributed by atoms with Crippen molar-refractivity contribution >= 4 is 33.2 Å². The van der Waals surface area contributed by atoms with Gasteiger partial charge in [0.25, 0.3) is 5.91 Å². The molecule has 0 aromatic carbocycles. The van der Waals surface area contributed by atoms with E-state index in [4.69, 9.17) is 4.42 Å². The van der Waals surface area contributed by atoms with Crippen LogP contribution in [0.4, 0.5) is 13.2 Å². The Bertz CT molecular complexity index is 580. The first-order valence-electron chi connectivity index (χ1n) is 5.47. The third kappa shape index (κ3) is 4.11. The van der Waals surface area contributed by atoms with E-state index in [9.17, 15) is 18.0 Å². The lowest BCUT2D eigenvalue weighted by atomic mass is 10.3. The minimum absolute atomic E-state index is 0.111. The van der Waals surface area contributed by atoms with E-state index in [1.54, 1.807) is 16.8 Å². The molecule has 0 fully saturated rings. The molecule has 2 aromatic rings. The molecule has 1 amide bonds. The Morgan fingerprint density at radius 3 is 2.60 bits per heavy atom. The molecule has 0 aliphatic carbocycles. The Morgan fingerprint density at radius 2 is 2.10 bits per heavy atom. The van der Waals surface area contributed by atoms with E-state index in [2.05, 4.69) is 15.9 Å². The van der Waals surface area contributed by atoms with E-state index in [0.29, 0.717) is 15.1 Å². The van der Waals surface area contributed by atoms with E-state index in [1.807, 2.05) is 0 Å². The van der Waals surface area contributed by atoms with Gasteiger partial charge in [-0.15, -0.1) is 0 Å². The fraction of sp³-hybridized carbons (Fsp3) is 0.250. The van der Waals surface area contributed by atoms with Crippen molar-refractivity contribution in [2.45, 2.75) is 12.7 Å². The van der Waals surface area contributed by atoms with Crippen molar-refractivity contribution < 1.29 is 22.4 Å². The van der Waals surface area contributed by atoms with Gasteiger partial charge in [0, 0.05) is 6.54 Å². The van der Waals surface area contributed by atoms with Gasteiger partial charge in [-0.05, 0) is 50.5 Å². The highest BCUT2D eigenvalue weighted by Crippen LogP contribution is 2.22. The SMILES string of the molecule is O=C(c1ccc(Br)o1)N(Cc1ccsc1)CC(F)(F)F. The molecule has 2 heterocycles. The molecule has 0 atom stereocenters. The number of furan rings is 1. The second-order valence-corrected chi connectivity index (χ2v) is 5.57. The van der Waals surface area contributed by atoms with Gasteiger partial charge in [0.1, 0.15) is 6.54 Å². The van der Waals surface area contributed by atoms with Gasteiger partial charge in [-0.1, -0.05) is 0 Å². The Morgan fingerprint density at radius 1 is 1.35 bits per heavy atom. The molecule has 2 rings (SSSR count). The van der Waals surface area contributed by atoms with Crippen molar-refractivity contribution in [3.63, 3.8) is 0 Å². The van der Waals surface area contributed by atoms with Gasteiger partial charge in [0.15, 0.2) is 10.4 Å². The van der Waals surface area contributed by atoms with Gasteiger partial charge in [-0.25, -0.2) is 0 Å². The summed E-state index contributed by atoms with van der Waals surface area (Å²) in [6.07, 6.45) is -4.46. The Balaban J connectivity index is 2.19. The summed E-state index contributed by atoms with van der Waals surface area (Å²) in [6, 6.07) is 4.48. The smallest absolute Gasteiger partial charge is 0.406 e. The predicted octanol–water partition coefficient (Wildman–Crippen LogP) is 4.31. The average Bonchev–Trinajstić information content (AvgIpc) is 2.97. The molecule has 0 aliphatic rings. The van der Waals surface area contributed by atoms with Crippen LogP contribution in [-0.2, 0) is 6.54 Å². The minimum atomic E-state index is -4.46. The summed E-state index contributed by atoms with van der Waals surface area (Å²) in [6.45, 7) is -1.43. The van der Waals surface area contributed by atoms with E-state index >= 15 is 0 Å². The first kappa shape index (κ1) is 15.1. The third-order valence-electron chi connectivity index (χ3n) is 2.39. The van der Waals surface area contributed by atoms with Crippen LogP contribution in [0.15, 0.2) is 38.0 Å². The zero-order valence-corrected chi connectivity index (χ0v) is 12.4. The fourth-order valence-electron chi connectivity index (χ4n) is 1.60. The van der Waals surface area contributed by atoms with Gasteiger partial charge in [-0.2, -0.15) is 24.5 Å². The van der Waals surface area contributed by atoms with Crippen molar-refractivity contribution in [1.29, 1.82) is 0 Å². The number of nitrogens with zero attached hydrogens (tertiary/aromatic N) is 1. The molecule has 0 spiro atoms. The molecule has 108 valence electrons. The van der Waals surface area contributed by atoms with Crippen LogP contribution >= 0.6 is 27.3 Å². The van der Waals surface area contributed by atoms with Crippen molar-refractivity contribution in [3.05, 3.63) is 45.0 Å². The molecule has 0 radical (unpaired) electrons. The molecule has 0 N–H and O–H groups in total. The summed E-state index contributed by atoms with van der Waals surface area (Å²) in [5, 5.41) is 3.45. The van der Waals surface area contributed by atoms with Crippen LogP contribution < -0.4 is 0 Å². The lowest BCUT2D eigenvalue weighted by Crippen LogP contribution is -2.38. The van der Waals surface area contributed by atoms with E-state index < -0.39 is 18.6 Å². The maximum atomic E-state index is 12.6. The Labute approximate surface area is 125 Å². The Hall–Kier alpha value is -1.28. The zero-order valence-electron chi connectivity index (χ0n) is 9.98. The fourth-order valence-corrected chi connectivity index (χ4v) is 2.57. The summed E-state index contributed by atoms with van der Waals surface area (Å²) in [7, 11) is 0. The highest BCUT2D eigenvalue weighted by Gasteiger charge is 2.34. The number of thiophene rings is 1. The van der Waals surface area contributed by atoms with Crippen molar-refractivity contribution in [2.75, 3.05) is 6.54 Å². The lowest BCUT2D eigenvalue weighted by molar-refractivity contribution is -0.141. The van der Waals surface area contributed by atoms with Gasteiger partial charge in [0.2, 0.25) is 0 Å². The number of carbonyl (C=O) groups excluding carboxylic acids is 1. The average molecular weight is 368 g/mol. The number of hydrogen-bond acceptors (Lipinski definition) is 3. The summed E-state index contributed by atoms with van der Waals surface area (Å²) in [5.41, 5.74) is 0.651. The van der Waals surface area contributed by atoms with Crippen LogP contribution in [-0.4, -0.2) is 23.5 Å². The molecule has 0 saturated heterocycles. The number of rotatable bonds is 4. The monoisotopic (exact) mass is 367 g/mol. The third-order valence-corrected chi connectivity index (χ3v) is 3.55. The quantitative estimate of drug-likeness (QED) is 0.806. The van der Waals surface area contributed by atoms with Gasteiger partial charge in [0.05, 0.1) is 0 Å². The number of halogens is 4. The van der Waals surface area contributed by atoms with E-state index in [-0.39, 0.29) is 12.3 Å². The summed E-state index contributed by atoms with van der Waals surface area (Å²) in [5.74, 6) is -0.921. The molecule has 8 heteroatoms. The van der Waals surface area contributed by atoms with Crippen LogP contribution in [0, 0.1) is 0 Å². The zero-order chi connectivity index (χ0) is 14.8. The number of amides is 1. The minimum Gasteiger partial charge on any atom is -0.444 e. The van der Waals surface area contributed by atoms with Crippen molar-refractivity contribution in [2.24, 2.45) is 0 Å². The Kier molecular flexibility index (Phi) is 4.54. The lowest BCUT2D eigenvalue weighted by Gasteiger charge is -2.22. The molecule has 0 saturated carbocycles.